The van der Waals surface area contributed by atoms with Gasteiger partial charge in [-0.2, -0.15) is 0 Å². The zero-order valence-corrected chi connectivity index (χ0v) is 19.2. The van der Waals surface area contributed by atoms with Gasteiger partial charge in [0.2, 0.25) is 17.7 Å². The van der Waals surface area contributed by atoms with Crippen LogP contribution in [-0.2, 0) is 36.8 Å². The zero-order chi connectivity index (χ0) is 26.7. The van der Waals surface area contributed by atoms with Gasteiger partial charge in [0.15, 0.2) is 0 Å². The van der Waals surface area contributed by atoms with Gasteiger partial charge in [-0.3, -0.25) is 19.2 Å². The van der Waals surface area contributed by atoms with E-state index in [-0.39, 0.29) is 18.6 Å². The lowest BCUT2D eigenvalue weighted by molar-refractivity contribution is -0.143. The second-order valence-electron chi connectivity index (χ2n) is 7.94. The van der Waals surface area contributed by atoms with Crippen LogP contribution in [0.3, 0.4) is 0 Å². The van der Waals surface area contributed by atoms with Crippen molar-refractivity contribution in [1.82, 2.24) is 16.0 Å². The molecule has 0 aliphatic carbocycles. The van der Waals surface area contributed by atoms with E-state index in [4.69, 9.17) is 5.73 Å². The summed E-state index contributed by atoms with van der Waals surface area (Å²) >= 11 is 0. The summed E-state index contributed by atoms with van der Waals surface area (Å²) in [7, 11) is 0. The molecule has 0 bridgehead atoms. The Labute approximate surface area is 206 Å². The zero-order valence-electron chi connectivity index (χ0n) is 19.2. The maximum Gasteiger partial charge on any atom is 0.326 e. The smallest absolute Gasteiger partial charge is 0.326 e. The summed E-state index contributed by atoms with van der Waals surface area (Å²) in [6.07, 6.45) is -0.942. The molecule has 3 amide bonds. The molecule has 0 radical (unpaired) electrons. The molecule has 8 N–H and O–H groups in total. The minimum Gasteiger partial charge on any atom is -0.508 e. The van der Waals surface area contributed by atoms with Crippen LogP contribution in [0.4, 0.5) is 0 Å². The second kappa shape index (κ2) is 13.4. The summed E-state index contributed by atoms with van der Waals surface area (Å²) in [6.45, 7) is -0.418. The summed E-state index contributed by atoms with van der Waals surface area (Å²) in [5, 5.41) is 35.2. The first-order chi connectivity index (χ1) is 17.1. The lowest BCUT2D eigenvalue weighted by Crippen LogP contribution is -2.57. The molecule has 0 spiro atoms. The van der Waals surface area contributed by atoms with Gasteiger partial charge in [0.05, 0.1) is 13.0 Å². The van der Waals surface area contributed by atoms with Gasteiger partial charge in [0.25, 0.3) is 0 Å². The number of carbonyl (C=O) groups is 5. The lowest BCUT2D eigenvalue weighted by atomic mass is 10.0. The number of nitrogens with one attached hydrogen (secondary N) is 3. The highest BCUT2D eigenvalue weighted by atomic mass is 16.4. The molecule has 0 saturated carbocycles. The molecule has 2 rings (SSSR count). The Bertz CT molecular complexity index is 1080. The topological polar surface area (TPSA) is 208 Å². The first-order valence-corrected chi connectivity index (χ1v) is 11.0. The van der Waals surface area contributed by atoms with Crippen LogP contribution in [0.2, 0.25) is 0 Å². The van der Waals surface area contributed by atoms with Crippen LogP contribution in [0.15, 0.2) is 54.6 Å². The number of amides is 3. The van der Waals surface area contributed by atoms with Crippen LogP contribution in [0.1, 0.15) is 17.5 Å². The molecular weight excluding hydrogens is 472 g/mol. The Balaban J connectivity index is 2.18. The van der Waals surface area contributed by atoms with Gasteiger partial charge in [0, 0.05) is 12.8 Å². The van der Waals surface area contributed by atoms with Crippen molar-refractivity contribution in [2.75, 3.05) is 6.54 Å². The van der Waals surface area contributed by atoms with Crippen LogP contribution >= 0.6 is 0 Å². The number of carboxylic acid groups (broad SMARTS) is 2. The normalized spacial score (nSPS) is 13.0. The molecular formula is C24H28N4O8. The highest BCUT2D eigenvalue weighted by Gasteiger charge is 2.31. The molecule has 0 aliphatic heterocycles. The first-order valence-electron chi connectivity index (χ1n) is 11.0. The van der Waals surface area contributed by atoms with E-state index in [1.807, 2.05) is 0 Å². The maximum absolute atomic E-state index is 13.0. The average molecular weight is 501 g/mol. The number of hydrogen-bond donors (Lipinski definition) is 7. The Hall–Kier alpha value is -4.45. The second-order valence-corrected chi connectivity index (χ2v) is 7.94. The van der Waals surface area contributed by atoms with Crippen LogP contribution in [0.5, 0.6) is 5.75 Å². The van der Waals surface area contributed by atoms with Crippen molar-refractivity contribution in [1.29, 1.82) is 0 Å². The van der Waals surface area contributed by atoms with Crippen molar-refractivity contribution in [3.05, 3.63) is 65.7 Å². The van der Waals surface area contributed by atoms with Crippen molar-refractivity contribution in [3.63, 3.8) is 0 Å². The Morgan fingerprint density at radius 3 is 1.81 bits per heavy atom. The van der Waals surface area contributed by atoms with E-state index >= 15 is 0 Å². The number of nitrogens with two attached hydrogens (primary N) is 1. The average Bonchev–Trinajstić information content (AvgIpc) is 2.84. The Kier molecular flexibility index (Phi) is 10.4. The van der Waals surface area contributed by atoms with Gasteiger partial charge in [-0.25, -0.2) is 4.79 Å². The number of phenols is 1. The van der Waals surface area contributed by atoms with Gasteiger partial charge in [-0.15, -0.1) is 0 Å². The number of phenolic OH excluding ortho intramolecular Hbond substituents is 1. The fraction of sp³-hybridized carbons (Fsp3) is 0.292. The van der Waals surface area contributed by atoms with Crippen LogP contribution < -0.4 is 21.7 Å². The fourth-order valence-corrected chi connectivity index (χ4v) is 3.31. The number of rotatable bonds is 13. The number of carboxylic acids is 2. The van der Waals surface area contributed by atoms with Crippen LogP contribution in [0.25, 0.3) is 0 Å². The predicted molar refractivity (Wildman–Crippen MR) is 127 cm³/mol. The molecule has 0 fully saturated rings. The fourth-order valence-electron chi connectivity index (χ4n) is 3.31. The van der Waals surface area contributed by atoms with E-state index < -0.39 is 60.8 Å². The molecule has 0 saturated heterocycles. The maximum atomic E-state index is 13.0. The number of benzene rings is 2. The molecule has 192 valence electrons. The molecule has 12 nitrogen and oxygen atoms in total. The summed E-state index contributed by atoms with van der Waals surface area (Å²) < 4.78 is 0. The van der Waals surface area contributed by atoms with Crippen molar-refractivity contribution in [2.24, 2.45) is 5.73 Å². The van der Waals surface area contributed by atoms with Crippen LogP contribution in [-0.4, -0.2) is 69.7 Å². The number of aliphatic carboxylic acids is 2. The third-order valence-corrected chi connectivity index (χ3v) is 5.12. The van der Waals surface area contributed by atoms with Gasteiger partial charge in [0.1, 0.15) is 23.9 Å². The molecule has 0 aliphatic rings. The van der Waals surface area contributed by atoms with Gasteiger partial charge in [-0.05, 0) is 23.3 Å². The molecule has 0 heterocycles. The Morgan fingerprint density at radius 2 is 1.25 bits per heavy atom. The van der Waals surface area contributed by atoms with E-state index in [9.17, 15) is 39.3 Å². The lowest BCUT2D eigenvalue weighted by Gasteiger charge is -2.24. The van der Waals surface area contributed by atoms with Gasteiger partial charge >= 0.3 is 11.9 Å². The Morgan fingerprint density at radius 1 is 0.722 bits per heavy atom. The predicted octanol–water partition coefficient (Wildman–Crippen LogP) is -0.850. The number of hydrogen-bond acceptors (Lipinski definition) is 7. The monoisotopic (exact) mass is 500 g/mol. The third kappa shape index (κ3) is 9.06. The summed E-state index contributed by atoms with van der Waals surface area (Å²) in [6, 6.07) is 10.1. The van der Waals surface area contributed by atoms with E-state index in [0.717, 1.165) is 0 Å². The van der Waals surface area contributed by atoms with E-state index in [1.165, 1.54) is 24.3 Å². The summed E-state index contributed by atoms with van der Waals surface area (Å²) in [5.74, 6) is -5.31. The molecule has 3 unspecified atom stereocenters. The highest BCUT2D eigenvalue weighted by Crippen LogP contribution is 2.12. The summed E-state index contributed by atoms with van der Waals surface area (Å²) in [4.78, 5) is 60.7. The molecule has 3 atom stereocenters. The minimum atomic E-state index is -1.62. The number of aromatic hydroxyl groups is 1. The first kappa shape index (κ1) is 27.8. The van der Waals surface area contributed by atoms with Gasteiger partial charge < -0.3 is 37.0 Å². The molecule has 0 aromatic heterocycles. The third-order valence-electron chi connectivity index (χ3n) is 5.12. The molecule has 36 heavy (non-hydrogen) atoms. The van der Waals surface area contributed by atoms with Crippen LogP contribution in [0, 0.1) is 0 Å². The van der Waals surface area contributed by atoms with E-state index in [0.29, 0.717) is 11.1 Å². The largest absolute Gasteiger partial charge is 0.508 e. The minimum absolute atomic E-state index is 0.00701. The van der Waals surface area contributed by atoms with Crippen molar-refractivity contribution >= 4 is 29.7 Å². The van der Waals surface area contributed by atoms with Crippen molar-refractivity contribution in [2.45, 2.75) is 37.4 Å². The van der Waals surface area contributed by atoms with Crippen molar-refractivity contribution < 1.29 is 39.3 Å². The van der Waals surface area contributed by atoms with E-state index in [2.05, 4.69) is 16.0 Å². The summed E-state index contributed by atoms with van der Waals surface area (Å²) in [5.41, 5.74) is 6.50. The molecule has 2 aromatic rings. The quantitative estimate of drug-likeness (QED) is 0.182. The highest BCUT2D eigenvalue weighted by molar-refractivity contribution is 5.95. The van der Waals surface area contributed by atoms with E-state index in [1.54, 1.807) is 30.3 Å². The van der Waals surface area contributed by atoms with Crippen molar-refractivity contribution in [3.8, 4) is 5.75 Å². The standard InChI is InChI=1S/C24H28N4O8/c25-13-20(30)26-17(10-15-6-8-16(29)9-7-15)22(33)27-18(12-21(31)32)23(34)28-19(24(35)36)11-14-4-2-1-3-5-14/h1-9,17-19,29H,10-13,25H2,(H,26,30)(H,27,33)(H,28,34)(H,31,32)(H,35,36). The SMILES string of the molecule is NCC(=O)NC(Cc1ccc(O)cc1)C(=O)NC(CC(=O)O)C(=O)NC(Cc1ccccc1)C(=O)O. The molecule has 2 aromatic carbocycles. The van der Waals surface area contributed by atoms with Gasteiger partial charge in [-0.1, -0.05) is 42.5 Å². The number of carbonyl (C=O) groups excluding carboxylic acids is 3. The molecule has 12 heteroatoms.